The van der Waals surface area contributed by atoms with Gasteiger partial charge in [-0.05, 0) is 19.3 Å². The van der Waals surface area contributed by atoms with E-state index in [0.717, 1.165) is 6.54 Å². The molecule has 0 radical (unpaired) electrons. The van der Waals surface area contributed by atoms with E-state index in [-0.39, 0.29) is 29.6 Å². The van der Waals surface area contributed by atoms with Crippen molar-refractivity contribution < 1.29 is 9.59 Å². The van der Waals surface area contributed by atoms with Gasteiger partial charge < -0.3 is 16.0 Å². The van der Waals surface area contributed by atoms with E-state index in [1.54, 1.807) is 0 Å². The maximum absolute atomic E-state index is 11.7. The van der Waals surface area contributed by atoms with Crippen molar-refractivity contribution in [3.8, 4) is 0 Å². The van der Waals surface area contributed by atoms with Crippen molar-refractivity contribution in [3.63, 3.8) is 0 Å². The molecule has 1 aliphatic carbocycles. The first kappa shape index (κ1) is 23.2. The molecule has 0 spiro atoms. The zero-order valence-electron chi connectivity index (χ0n) is 15.6. The van der Waals surface area contributed by atoms with Crippen LogP contribution >= 0.6 is 12.4 Å². The molecule has 0 aromatic heterocycles. The van der Waals surface area contributed by atoms with Crippen LogP contribution in [0, 0.1) is 5.41 Å². The first-order valence-electron chi connectivity index (χ1n) is 9.18. The van der Waals surface area contributed by atoms with Gasteiger partial charge in [0, 0.05) is 37.5 Å². The van der Waals surface area contributed by atoms with Crippen molar-refractivity contribution in [2.75, 3.05) is 19.6 Å². The Bertz CT molecular complexity index is 362. The van der Waals surface area contributed by atoms with E-state index in [4.69, 9.17) is 0 Å². The summed E-state index contributed by atoms with van der Waals surface area (Å²) in [4.78, 5) is 23.4. The summed E-state index contributed by atoms with van der Waals surface area (Å²) in [7, 11) is 0. The highest BCUT2D eigenvalue weighted by atomic mass is 35.5. The van der Waals surface area contributed by atoms with Crippen molar-refractivity contribution in [2.45, 2.75) is 78.2 Å². The van der Waals surface area contributed by atoms with Crippen LogP contribution in [0.4, 0.5) is 0 Å². The molecule has 6 heteroatoms. The molecule has 1 aliphatic rings. The van der Waals surface area contributed by atoms with Gasteiger partial charge in [-0.2, -0.15) is 0 Å². The van der Waals surface area contributed by atoms with Gasteiger partial charge in [0.1, 0.15) is 0 Å². The Balaban J connectivity index is 0.00000529. The maximum atomic E-state index is 11.7. The molecule has 1 rings (SSSR count). The molecule has 1 saturated carbocycles. The highest BCUT2D eigenvalue weighted by Gasteiger charge is 2.20. The number of rotatable bonds is 8. The standard InChI is InChI=1S/C18H35N3O2.ClH/c1-18(2,3)17(23)21-12-8-11-16(22)20-14-13-19-15-9-6-4-5-7-10-15;/h15,19H,4-14H2,1-3H3,(H,20,22)(H,21,23);1H. The highest BCUT2D eigenvalue weighted by Crippen LogP contribution is 2.16. The molecular weight excluding hydrogens is 326 g/mol. The summed E-state index contributed by atoms with van der Waals surface area (Å²) in [5.74, 6) is 0.100. The molecule has 2 amide bonds. The minimum atomic E-state index is -0.369. The molecule has 142 valence electrons. The fraction of sp³-hybridized carbons (Fsp3) is 0.889. The Labute approximate surface area is 153 Å². The quantitative estimate of drug-likeness (QED) is 0.460. The van der Waals surface area contributed by atoms with Gasteiger partial charge in [-0.1, -0.05) is 46.5 Å². The van der Waals surface area contributed by atoms with Crippen LogP contribution < -0.4 is 16.0 Å². The summed E-state index contributed by atoms with van der Waals surface area (Å²) in [5, 5.41) is 9.35. The topological polar surface area (TPSA) is 70.2 Å². The zero-order valence-corrected chi connectivity index (χ0v) is 16.4. The van der Waals surface area contributed by atoms with Gasteiger partial charge >= 0.3 is 0 Å². The molecule has 0 aromatic carbocycles. The molecule has 24 heavy (non-hydrogen) atoms. The van der Waals surface area contributed by atoms with E-state index < -0.39 is 0 Å². The molecule has 5 nitrogen and oxygen atoms in total. The lowest BCUT2D eigenvalue weighted by molar-refractivity contribution is -0.128. The summed E-state index contributed by atoms with van der Waals surface area (Å²) >= 11 is 0. The van der Waals surface area contributed by atoms with Crippen LogP contribution in [0.3, 0.4) is 0 Å². The van der Waals surface area contributed by atoms with E-state index in [1.807, 2.05) is 20.8 Å². The van der Waals surface area contributed by atoms with Crippen LogP contribution in [0.1, 0.15) is 72.1 Å². The zero-order chi connectivity index (χ0) is 17.1. The van der Waals surface area contributed by atoms with E-state index >= 15 is 0 Å². The fourth-order valence-corrected chi connectivity index (χ4v) is 2.77. The molecule has 0 aromatic rings. The Hall–Kier alpha value is -0.810. The Morgan fingerprint density at radius 3 is 2.12 bits per heavy atom. The van der Waals surface area contributed by atoms with Gasteiger partial charge in [-0.25, -0.2) is 0 Å². The molecule has 0 heterocycles. The van der Waals surface area contributed by atoms with Gasteiger partial charge in [-0.15, -0.1) is 12.4 Å². The summed E-state index contributed by atoms with van der Waals surface area (Å²) in [6.45, 7) is 7.74. The minimum absolute atomic E-state index is 0. The number of carbonyl (C=O) groups is 2. The summed E-state index contributed by atoms with van der Waals surface area (Å²) in [6.07, 6.45) is 9.05. The monoisotopic (exact) mass is 361 g/mol. The molecular formula is C18H36ClN3O2. The molecule has 1 fully saturated rings. The lowest BCUT2D eigenvalue weighted by atomic mass is 9.96. The lowest BCUT2D eigenvalue weighted by Crippen LogP contribution is -2.37. The lowest BCUT2D eigenvalue weighted by Gasteiger charge is -2.17. The predicted molar refractivity (Wildman–Crippen MR) is 101 cm³/mol. The summed E-state index contributed by atoms with van der Waals surface area (Å²) in [6, 6.07) is 0.627. The second-order valence-corrected chi connectivity index (χ2v) is 7.60. The van der Waals surface area contributed by atoms with E-state index in [2.05, 4.69) is 16.0 Å². The molecule has 0 aliphatic heterocycles. The number of carbonyl (C=O) groups excluding carboxylic acids is 2. The van der Waals surface area contributed by atoms with Crippen molar-refractivity contribution in [2.24, 2.45) is 5.41 Å². The van der Waals surface area contributed by atoms with E-state index in [9.17, 15) is 9.59 Å². The fourth-order valence-electron chi connectivity index (χ4n) is 2.77. The van der Waals surface area contributed by atoms with Gasteiger partial charge in [0.05, 0.1) is 0 Å². The second-order valence-electron chi connectivity index (χ2n) is 7.60. The average Bonchev–Trinajstić information content (AvgIpc) is 2.75. The van der Waals surface area contributed by atoms with E-state index in [1.165, 1.54) is 38.5 Å². The van der Waals surface area contributed by atoms with Crippen LogP contribution in [0.25, 0.3) is 0 Å². The first-order chi connectivity index (χ1) is 10.9. The first-order valence-corrected chi connectivity index (χ1v) is 9.18. The predicted octanol–water partition coefficient (Wildman–Crippen LogP) is 2.78. The van der Waals surface area contributed by atoms with Crippen molar-refractivity contribution in [1.29, 1.82) is 0 Å². The Morgan fingerprint density at radius 1 is 0.917 bits per heavy atom. The number of halogens is 1. The maximum Gasteiger partial charge on any atom is 0.225 e. The minimum Gasteiger partial charge on any atom is -0.356 e. The highest BCUT2D eigenvalue weighted by molar-refractivity contribution is 5.85. The van der Waals surface area contributed by atoms with Gasteiger partial charge in [-0.3, -0.25) is 9.59 Å². The van der Waals surface area contributed by atoms with Crippen LogP contribution in [-0.4, -0.2) is 37.5 Å². The van der Waals surface area contributed by atoms with Crippen LogP contribution in [0.5, 0.6) is 0 Å². The number of amides is 2. The smallest absolute Gasteiger partial charge is 0.225 e. The molecule has 0 atom stereocenters. The van der Waals surface area contributed by atoms with Crippen molar-refractivity contribution >= 4 is 24.2 Å². The SMILES string of the molecule is CC(C)(C)C(=O)NCCCC(=O)NCCNC1CCCCCC1.Cl. The largest absolute Gasteiger partial charge is 0.356 e. The van der Waals surface area contributed by atoms with E-state index in [0.29, 0.717) is 32.0 Å². The van der Waals surface area contributed by atoms with Gasteiger partial charge in [0.25, 0.3) is 0 Å². The third kappa shape index (κ3) is 10.9. The van der Waals surface area contributed by atoms with Crippen LogP contribution in [0.15, 0.2) is 0 Å². The van der Waals surface area contributed by atoms with Crippen molar-refractivity contribution in [3.05, 3.63) is 0 Å². The van der Waals surface area contributed by atoms with Crippen molar-refractivity contribution in [1.82, 2.24) is 16.0 Å². The van der Waals surface area contributed by atoms with Gasteiger partial charge in [0.2, 0.25) is 11.8 Å². The van der Waals surface area contributed by atoms with Crippen LogP contribution in [0.2, 0.25) is 0 Å². The molecule has 0 saturated heterocycles. The number of nitrogens with one attached hydrogen (secondary N) is 3. The molecule has 3 N–H and O–H groups in total. The third-order valence-corrected chi connectivity index (χ3v) is 4.28. The third-order valence-electron chi connectivity index (χ3n) is 4.28. The number of hydrogen-bond donors (Lipinski definition) is 3. The second kappa shape index (κ2) is 12.5. The number of hydrogen-bond acceptors (Lipinski definition) is 3. The Kier molecular flexibility index (Phi) is 12.1. The molecule has 0 unspecified atom stereocenters. The van der Waals surface area contributed by atoms with Crippen LogP contribution in [-0.2, 0) is 9.59 Å². The molecule has 0 bridgehead atoms. The van der Waals surface area contributed by atoms with Gasteiger partial charge in [0.15, 0.2) is 0 Å². The normalized spacial score (nSPS) is 16.0. The summed E-state index contributed by atoms with van der Waals surface area (Å²) in [5.41, 5.74) is -0.369. The Morgan fingerprint density at radius 2 is 1.54 bits per heavy atom. The average molecular weight is 362 g/mol. The summed E-state index contributed by atoms with van der Waals surface area (Å²) < 4.78 is 0.